The second-order valence-corrected chi connectivity index (χ2v) is 9.99. The fourth-order valence-electron chi connectivity index (χ4n) is 5.62. The van der Waals surface area contributed by atoms with Crippen molar-refractivity contribution in [3.8, 4) is 5.75 Å². The summed E-state index contributed by atoms with van der Waals surface area (Å²) in [7, 11) is 1.69. The van der Waals surface area contributed by atoms with Gasteiger partial charge in [0.15, 0.2) is 0 Å². The first kappa shape index (κ1) is 24.1. The van der Waals surface area contributed by atoms with Crippen molar-refractivity contribution < 1.29 is 4.74 Å². The van der Waals surface area contributed by atoms with Crippen LogP contribution in [0, 0.1) is 6.92 Å². The molecule has 6 rings (SSSR count). The summed E-state index contributed by atoms with van der Waals surface area (Å²) in [5.41, 5.74) is 5.19. The van der Waals surface area contributed by atoms with E-state index in [0.717, 1.165) is 58.9 Å². The van der Waals surface area contributed by atoms with E-state index in [0.29, 0.717) is 6.54 Å². The molecule has 1 aromatic heterocycles. The molecule has 0 amide bonds. The first-order valence-electron chi connectivity index (χ1n) is 13.1. The zero-order valence-corrected chi connectivity index (χ0v) is 21.8. The molecule has 1 aliphatic rings. The summed E-state index contributed by atoms with van der Waals surface area (Å²) in [5.74, 6) is 1.62. The number of hydrogen-bond acceptors (Lipinski definition) is 4. The molecule has 0 saturated heterocycles. The first-order chi connectivity index (χ1) is 18.6. The van der Waals surface area contributed by atoms with Crippen molar-refractivity contribution in [1.82, 2.24) is 14.5 Å². The zero-order valence-electron chi connectivity index (χ0n) is 21.8. The normalized spacial score (nSPS) is 13.6. The molecular formula is C33H31N3O2. The van der Waals surface area contributed by atoms with Crippen LogP contribution in [-0.4, -0.2) is 28.1 Å². The van der Waals surface area contributed by atoms with Gasteiger partial charge in [0.2, 0.25) is 0 Å². The van der Waals surface area contributed by atoms with Gasteiger partial charge in [-0.2, -0.15) is 0 Å². The number of aryl methyl sites for hydroxylation is 1. The highest BCUT2D eigenvalue weighted by Gasteiger charge is 2.27. The molecule has 0 radical (unpaired) electrons. The lowest BCUT2D eigenvalue weighted by molar-refractivity contribution is 0.240. The van der Waals surface area contributed by atoms with Crippen LogP contribution >= 0.6 is 0 Å². The molecule has 0 spiro atoms. The number of rotatable bonds is 6. The predicted octanol–water partition coefficient (Wildman–Crippen LogP) is 5.91. The van der Waals surface area contributed by atoms with Crippen LogP contribution in [-0.2, 0) is 19.5 Å². The van der Waals surface area contributed by atoms with E-state index in [1.165, 1.54) is 10.9 Å². The largest absolute Gasteiger partial charge is 0.497 e. The van der Waals surface area contributed by atoms with Crippen molar-refractivity contribution in [2.75, 3.05) is 13.7 Å². The molecule has 5 heteroatoms. The van der Waals surface area contributed by atoms with Gasteiger partial charge in [-0.05, 0) is 52.6 Å². The molecule has 5 nitrogen and oxygen atoms in total. The Morgan fingerprint density at radius 2 is 1.53 bits per heavy atom. The van der Waals surface area contributed by atoms with Crippen LogP contribution in [0.1, 0.15) is 39.8 Å². The maximum absolute atomic E-state index is 14.1. The lowest BCUT2D eigenvalue weighted by Gasteiger charge is -2.30. The number of fused-ring (bicyclic) bond motifs is 2. The van der Waals surface area contributed by atoms with Crippen molar-refractivity contribution in [2.24, 2.45) is 0 Å². The number of benzene rings is 4. The van der Waals surface area contributed by atoms with Gasteiger partial charge >= 0.3 is 0 Å². The van der Waals surface area contributed by atoms with Crippen molar-refractivity contribution in [3.05, 3.63) is 141 Å². The quantitative estimate of drug-likeness (QED) is 0.290. The highest BCUT2D eigenvalue weighted by atomic mass is 16.5. The summed E-state index contributed by atoms with van der Waals surface area (Å²) >= 11 is 0. The Bertz CT molecular complexity index is 1610. The Morgan fingerprint density at radius 3 is 2.21 bits per heavy atom. The minimum Gasteiger partial charge on any atom is -0.497 e. The van der Waals surface area contributed by atoms with Crippen LogP contribution in [0.25, 0.3) is 10.8 Å². The molecule has 0 bridgehead atoms. The van der Waals surface area contributed by atoms with E-state index in [9.17, 15) is 4.79 Å². The van der Waals surface area contributed by atoms with E-state index in [2.05, 4.69) is 59.5 Å². The minimum absolute atomic E-state index is 0.0560. The molecule has 0 fully saturated rings. The fraction of sp³-hybridized carbons (Fsp3) is 0.212. The Morgan fingerprint density at radius 1 is 0.868 bits per heavy atom. The van der Waals surface area contributed by atoms with Gasteiger partial charge < -0.3 is 4.74 Å². The molecule has 0 aliphatic carbocycles. The van der Waals surface area contributed by atoms with Gasteiger partial charge in [-0.3, -0.25) is 14.3 Å². The number of hydrogen-bond donors (Lipinski definition) is 0. The van der Waals surface area contributed by atoms with Crippen molar-refractivity contribution in [3.63, 3.8) is 0 Å². The van der Waals surface area contributed by atoms with E-state index in [-0.39, 0.29) is 11.6 Å². The van der Waals surface area contributed by atoms with Gasteiger partial charge in [-0.1, -0.05) is 78.9 Å². The average Bonchev–Trinajstić information content (AvgIpc) is 2.96. The molecule has 0 saturated carbocycles. The van der Waals surface area contributed by atoms with Gasteiger partial charge in [0, 0.05) is 26.1 Å². The molecule has 0 N–H and O–H groups in total. The highest BCUT2D eigenvalue weighted by molar-refractivity contribution is 5.84. The summed E-state index contributed by atoms with van der Waals surface area (Å²) in [6.07, 6.45) is 0.776. The smallest absolute Gasteiger partial charge is 0.259 e. The minimum atomic E-state index is -0.226. The molecule has 0 unspecified atom stereocenters. The first-order valence-corrected chi connectivity index (χ1v) is 13.1. The van der Waals surface area contributed by atoms with Crippen molar-refractivity contribution in [1.29, 1.82) is 0 Å². The van der Waals surface area contributed by atoms with Gasteiger partial charge in [-0.15, -0.1) is 0 Å². The number of aromatic nitrogens is 2. The molecule has 0 atom stereocenters. The summed E-state index contributed by atoms with van der Waals surface area (Å²) in [6, 6.07) is 32.9. The molecule has 38 heavy (non-hydrogen) atoms. The maximum atomic E-state index is 14.1. The SMILES string of the molecule is COc1ccc2cc(CN3CCc4nc(C)n(C(c5ccccc5)c5ccccc5)c(=O)c4C3)ccc2c1. The lowest BCUT2D eigenvalue weighted by atomic mass is 9.97. The van der Waals surface area contributed by atoms with Crippen LogP contribution in [0.5, 0.6) is 5.75 Å². The third-order valence-electron chi connectivity index (χ3n) is 7.52. The van der Waals surface area contributed by atoms with Gasteiger partial charge in [0.05, 0.1) is 24.4 Å². The van der Waals surface area contributed by atoms with Gasteiger partial charge in [0.1, 0.15) is 11.6 Å². The van der Waals surface area contributed by atoms with E-state index >= 15 is 0 Å². The van der Waals surface area contributed by atoms with E-state index < -0.39 is 0 Å². The summed E-state index contributed by atoms with van der Waals surface area (Å²) in [6.45, 7) is 4.22. The Kier molecular flexibility index (Phi) is 6.52. The standard InChI is InChI=1S/C33H31N3O2/c1-23-34-31-17-18-35(21-24-13-14-28-20-29(38-2)16-15-27(28)19-24)22-30(31)33(37)36(23)32(25-9-5-3-6-10-25)26-11-7-4-8-12-26/h3-16,19-20,32H,17-18,21-22H2,1-2H3. The monoisotopic (exact) mass is 501 g/mol. The third-order valence-corrected chi connectivity index (χ3v) is 7.52. The number of methoxy groups -OCH3 is 1. The molecule has 4 aromatic carbocycles. The summed E-state index contributed by atoms with van der Waals surface area (Å²) in [5, 5.41) is 2.35. The highest BCUT2D eigenvalue weighted by Crippen LogP contribution is 2.28. The molecule has 190 valence electrons. The molecule has 1 aliphatic heterocycles. The molecule has 5 aromatic rings. The van der Waals surface area contributed by atoms with Crippen LogP contribution < -0.4 is 10.3 Å². The van der Waals surface area contributed by atoms with Crippen molar-refractivity contribution >= 4 is 10.8 Å². The van der Waals surface area contributed by atoms with Crippen LogP contribution in [0.15, 0.2) is 102 Å². The van der Waals surface area contributed by atoms with Gasteiger partial charge in [0.25, 0.3) is 5.56 Å². The third kappa shape index (κ3) is 4.61. The average molecular weight is 502 g/mol. The molecule has 2 heterocycles. The van der Waals surface area contributed by atoms with E-state index in [1.807, 2.05) is 54.0 Å². The van der Waals surface area contributed by atoms with E-state index in [4.69, 9.17) is 9.72 Å². The van der Waals surface area contributed by atoms with Crippen molar-refractivity contribution in [2.45, 2.75) is 32.5 Å². The Hall–Kier alpha value is -4.22. The summed E-state index contributed by atoms with van der Waals surface area (Å²) in [4.78, 5) is 21.5. The van der Waals surface area contributed by atoms with Crippen LogP contribution in [0.3, 0.4) is 0 Å². The Labute approximate surface area is 223 Å². The maximum Gasteiger partial charge on any atom is 0.259 e. The van der Waals surface area contributed by atoms with E-state index in [1.54, 1.807) is 7.11 Å². The number of ether oxygens (including phenoxy) is 1. The second-order valence-electron chi connectivity index (χ2n) is 9.99. The van der Waals surface area contributed by atoms with Gasteiger partial charge in [-0.25, -0.2) is 4.98 Å². The predicted molar refractivity (Wildman–Crippen MR) is 152 cm³/mol. The van der Waals surface area contributed by atoms with Crippen LogP contribution in [0.4, 0.5) is 0 Å². The second kappa shape index (κ2) is 10.3. The number of nitrogens with zero attached hydrogens (tertiary/aromatic N) is 3. The lowest BCUT2D eigenvalue weighted by Crippen LogP contribution is -2.40. The zero-order chi connectivity index (χ0) is 26.1. The fourth-order valence-corrected chi connectivity index (χ4v) is 5.62. The Balaban J connectivity index is 1.34. The van der Waals surface area contributed by atoms with Crippen LogP contribution in [0.2, 0.25) is 0 Å². The summed E-state index contributed by atoms with van der Waals surface area (Å²) < 4.78 is 7.25. The topological polar surface area (TPSA) is 47.4 Å². The molecular weight excluding hydrogens is 470 g/mol.